The van der Waals surface area contributed by atoms with Crippen LogP contribution in [0.4, 0.5) is 0 Å². The molecule has 0 aliphatic heterocycles. The highest BCUT2D eigenvalue weighted by Gasteiger charge is 2.15. The average molecular weight is 309 g/mol. The summed E-state index contributed by atoms with van der Waals surface area (Å²) >= 11 is 0. The van der Waals surface area contributed by atoms with Crippen molar-refractivity contribution in [1.29, 1.82) is 0 Å². The van der Waals surface area contributed by atoms with Crippen LogP contribution in [0.2, 0.25) is 0 Å². The number of nitrogens with zero attached hydrogens (tertiary/aromatic N) is 2. The normalized spacial score (nSPS) is 9.62. The van der Waals surface area contributed by atoms with Gasteiger partial charge in [-0.1, -0.05) is 0 Å². The smallest absolute Gasteiger partial charge is 0.280 e. The minimum Gasteiger partial charge on any atom is -0.496 e. The van der Waals surface area contributed by atoms with Crippen LogP contribution < -0.4 is 16.2 Å². The number of guanidine groups is 1. The van der Waals surface area contributed by atoms with Crippen molar-refractivity contribution in [3.05, 3.63) is 47.8 Å². The summed E-state index contributed by atoms with van der Waals surface area (Å²) in [6.07, 6.45) is 3.75. The molecule has 2 aromatic rings. The Balaban J connectivity index is 0.00000220. The molecule has 6 nitrogen and oxygen atoms in total. The van der Waals surface area contributed by atoms with E-state index in [1.807, 2.05) is 35.2 Å². The molecule has 1 amide bonds. The minimum atomic E-state index is -0.491. The van der Waals surface area contributed by atoms with Crippen LogP contribution in [-0.2, 0) is 0 Å². The quantitative estimate of drug-likeness (QED) is 0.665. The van der Waals surface area contributed by atoms with Gasteiger partial charge in [0, 0.05) is 29.7 Å². The number of nitrogens with two attached hydrogens (primary N) is 2. The van der Waals surface area contributed by atoms with Crippen molar-refractivity contribution in [2.24, 2.45) is 16.5 Å². The number of aliphatic imine (C=N–C) groups is 1. The number of benzene rings is 1. The third kappa shape index (κ3) is 3.55. The molecule has 112 valence electrons. The Bertz CT molecular complexity index is 662. The number of ether oxygens (including phenoxy) is 1. The van der Waals surface area contributed by atoms with E-state index >= 15 is 0 Å². The van der Waals surface area contributed by atoms with E-state index in [0.29, 0.717) is 16.9 Å². The fourth-order valence-electron chi connectivity index (χ4n) is 1.94. The van der Waals surface area contributed by atoms with E-state index in [-0.39, 0.29) is 18.4 Å². The summed E-state index contributed by atoms with van der Waals surface area (Å²) in [6, 6.07) is 7.36. The van der Waals surface area contributed by atoms with E-state index in [9.17, 15) is 4.79 Å². The number of aromatic nitrogens is 1. The lowest BCUT2D eigenvalue weighted by Crippen LogP contribution is -2.24. The second-order valence-corrected chi connectivity index (χ2v) is 4.25. The van der Waals surface area contributed by atoms with Gasteiger partial charge < -0.3 is 20.8 Å². The molecule has 1 aromatic heterocycles. The molecule has 7 heteroatoms. The fraction of sp³-hybridized carbons (Fsp3) is 0.143. The number of carbonyl (C=O) groups is 1. The molecule has 0 unspecified atom stereocenters. The zero-order valence-electron chi connectivity index (χ0n) is 11.7. The molecular formula is C14H17ClN4O2. The average Bonchev–Trinajstić information content (AvgIpc) is 2.92. The molecule has 0 radical (unpaired) electrons. The van der Waals surface area contributed by atoms with Crippen LogP contribution in [0, 0.1) is 6.92 Å². The lowest BCUT2D eigenvalue weighted by atomic mass is 10.1. The van der Waals surface area contributed by atoms with Gasteiger partial charge in [-0.15, -0.1) is 12.4 Å². The Morgan fingerprint density at radius 1 is 1.24 bits per heavy atom. The van der Waals surface area contributed by atoms with Gasteiger partial charge in [-0.25, -0.2) is 0 Å². The van der Waals surface area contributed by atoms with Gasteiger partial charge in [0.15, 0.2) is 5.96 Å². The van der Waals surface area contributed by atoms with E-state index in [0.717, 1.165) is 5.69 Å². The highest BCUT2D eigenvalue weighted by atomic mass is 35.5. The van der Waals surface area contributed by atoms with Gasteiger partial charge in [0.05, 0.1) is 12.7 Å². The molecule has 0 bridgehead atoms. The zero-order valence-corrected chi connectivity index (χ0v) is 12.6. The van der Waals surface area contributed by atoms with Crippen molar-refractivity contribution in [2.45, 2.75) is 6.92 Å². The maximum Gasteiger partial charge on any atom is 0.280 e. The molecule has 1 aromatic carbocycles. The van der Waals surface area contributed by atoms with Crippen LogP contribution in [0.1, 0.15) is 15.9 Å². The maximum absolute atomic E-state index is 12.1. The molecule has 0 aliphatic carbocycles. The number of halogens is 1. The molecule has 0 fully saturated rings. The molecule has 0 aliphatic rings. The van der Waals surface area contributed by atoms with Crippen LogP contribution in [-0.4, -0.2) is 23.5 Å². The summed E-state index contributed by atoms with van der Waals surface area (Å²) in [6.45, 7) is 1.79. The predicted molar refractivity (Wildman–Crippen MR) is 84.4 cm³/mol. The highest BCUT2D eigenvalue weighted by molar-refractivity contribution is 6.03. The number of methoxy groups -OCH3 is 1. The van der Waals surface area contributed by atoms with Crippen LogP contribution in [0.5, 0.6) is 5.75 Å². The third-order valence-electron chi connectivity index (χ3n) is 2.93. The maximum atomic E-state index is 12.1. The molecular weight excluding hydrogens is 292 g/mol. The standard InChI is InChI=1S/C14H16N4O2.ClH/c1-9-11(13(19)17-14(15)16)7-10(8-12(9)20-2)18-5-3-4-6-18;/h3-8H,1-2H3,(H4,15,16,17,19);1H. The predicted octanol–water partition coefficient (Wildman–Crippen LogP) is 1.63. The Morgan fingerprint density at radius 3 is 2.38 bits per heavy atom. The summed E-state index contributed by atoms with van der Waals surface area (Å²) in [4.78, 5) is 15.6. The molecule has 0 atom stereocenters. The fourth-order valence-corrected chi connectivity index (χ4v) is 1.94. The van der Waals surface area contributed by atoms with E-state index in [4.69, 9.17) is 16.2 Å². The first-order valence-corrected chi connectivity index (χ1v) is 5.99. The minimum absolute atomic E-state index is 0. The molecule has 1 heterocycles. The first-order valence-electron chi connectivity index (χ1n) is 5.99. The summed E-state index contributed by atoms with van der Waals surface area (Å²) in [7, 11) is 1.55. The lowest BCUT2D eigenvalue weighted by Gasteiger charge is -2.12. The number of amides is 1. The Kier molecular flexibility index (Phi) is 5.37. The van der Waals surface area contributed by atoms with Crippen molar-refractivity contribution in [1.82, 2.24) is 4.57 Å². The van der Waals surface area contributed by atoms with Gasteiger partial charge in [-0.3, -0.25) is 4.79 Å². The largest absolute Gasteiger partial charge is 0.496 e. The number of hydrogen-bond donors (Lipinski definition) is 2. The van der Waals surface area contributed by atoms with E-state index < -0.39 is 5.91 Å². The van der Waals surface area contributed by atoms with Gasteiger partial charge in [0.25, 0.3) is 5.91 Å². The molecule has 4 N–H and O–H groups in total. The van der Waals surface area contributed by atoms with Crippen LogP contribution in [0.3, 0.4) is 0 Å². The Hall–Kier alpha value is -2.47. The second-order valence-electron chi connectivity index (χ2n) is 4.25. The van der Waals surface area contributed by atoms with Gasteiger partial charge in [0.2, 0.25) is 0 Å². The summed E-state index contributed by atoms with van der Waals surface area (Å²) in [5, 5.41) is 0. The molecule has 2 rings (SSSR count). The van der Waals surface area contributed by atoms with Gasteiger partial charge in [-0.2, -0.15) is 4.99 Å². The highest BCUT2D eigenvalue weighted by Crippen LogP contribution is 2.26. The molecule has 0 saturated heterocycles. The van der Waals surface area contributed by atoms with Crippen molar-refractivity contribution in [2.75, 3.05) is 7.11 Å². The SMILES string of the molecule is COc1cc(-n2cccc2)cc(C(=O)N=C(N)N)c1C.Cl. The van der Waals surface area contributed by atoms with Gasteiger partial charge in [0.1, 0.15) is 5.75 Å². The molecule has 0 spiro atoms. The van der Waals surface area contributed by atoms with E-state index in [1.165, 1.54) is 0 Å². The van der Waals surface area contributed by atoms with E-state index in [2.05, 4.69) is 4.99 Å². The van der Waals surface area contributed by atoms with Crippen LogP contribution >= 0.6 is 12.4 Å². The Morgan fingerprint density at radius 2 is 1.86 bits per heavy atom. The van der Waals surface area contributed by atoms with Crippen molar-refractivity contribution in [3.63, 3.8) is 0 Å². The number of carbonyl (C=O) groups excluding carboxylic acids is 1. The number of hydrogen-bond acceptors (Lipinski definition) is 2. The Labute approximate surface area is 128 Å². The first-order chi connectivity index (χ1) is 9.52. The second kappa shape index (κ2) is 6.81. The van der Waals surface area contributed by atoms with Crippen molar-refractivity contribution < 1.29 is 9.53 Å². The van der Waals surface area contributed by atoms with Crippen molar-refractivity contribution in [3.8, 4) is 11.4 Å². The van der Waals surface area contributed by atoms with Gasteiger partial charge >= 0.3 is 0 Å². The first kappa shape index (κ1) is 16.6. The number of rotatable bonds is 3. The summed E-state index contributed by atoms with van der Waals surface area (Å²) in [5.74, 6) is -0.153. The van der Waals surface area contributed by atoms with Crippen LogP contribution in [0.25, 0.3) is 5.69 Å². The topological polar surface area (TPSA) is 95.6 Å². The summed E-state index contributed by atoms with van der Waals surface area (Å²) in [5.41, 5.74) is 12.4. The lowest BCUT2D eigenvalue weighted by molar-refractivity contribution is 0.100. The van der Waals surface area contributed by atoms with E-state index in [1.54, 1.807) is 20.1 Å². The summed E-state index contributed by atoms with van der Waals surface area (Å²) < 4.78 is 7.17. The third-order valence-corrected chi connectivity index (χ3v) is 2.93. The zero-order chi connectivity index (χ0) is 14.7. The molecule has 21 heavy (non-hydrogen) atoms. The van der Waals surface area contributed by atoms with Crippen molar-refractivity contribution >= 4 is 24.3 Å². The van der Waals surface area contributed by atoms with Crippen LogP contribution in [0.15, 0.2) is 41.7 Å². The molecule has 0 saturated carbocycles. The van der Waals surface area contributed by atoms with Gasteiger partial charge in [-0.05, 0) is 25.1 Å². The monoisotopic (exact) mass is 308 g/mol.